The van der Waals surface area contributed by atoms with Crippen molar-refractivity contribution in [1.29, 1.82) is 0 Å². The van der Waals surface area contributed by atoms with Crippen molar-refractivity contribution in [1.82, 2.24) is 0 Å². The summed E-state index contributed by atoms with van der Waals surface area (Å²) in [5.41, 5.74) is 2.00. The van der Waals surface area contributed by atoms with Crippen LogP contribution in [0.5, 0.6) is 11.5 Å². The SMILES string of the molecule is CCc1ccc2c(c1)C1=C(OO2)C(c2c(O)c3cc(CC)ccc3oc2=O)C(O)O1. The van der Waals surface area contributed by atoms with E-state index >= 15 is 0 Å². The summed E-state index contributed by atoms with van der Waals surface area (Å²) < 4.78 is 11.1. The van der Waals surface area contributed by atoms with E-state index < -0.39 is 17.8 Å². The summed E-state index contributed by atoms with van der Waals surface area (Å²) in [5.74, 6) is -0.512. The Bertz CT molecular complexity index is 1250. The topological polar surface area (TPSA) is 98.4 Å². The first kappa shape index (κ1) is 18.6. The Hall–Kier alpha value is -3.45. The highest BCUT2D eigenvalue weighted by Crippen LogP contribution is 2.49. The lowest BCUT2D eigenvalue weighted by Crippen LogP contribution is -2.24. The van der Waals surface area contributed by atoms with Gasteiger partial charge in [-0.15, -0.1) is 0 Å². The van der Waals surface area contributed by atoms with Gasteiger partial charge in [0.2, 0.25) is 12.0 Å². The summed E-state index contributed by atoms with van der Waals surface area (Å²) in [6.45, 7) is 4.01. The lowest BCUT2D eigenvalue weighted by atomic mass is 9.94. The molecule has 2 aliphatic heterocycles. The fourth-order valence-electron chi connectivity index (χ4n) is 3.96. The van der Waals surface area contributed by atoms with E-state index in [2.05, 4.69) is 0 Å². The zero-order valence-corrected chi connectivity index (χ0v) is 16.5. The van der Waals surface area contributed by atoms with Gasteiger partial charge >= 0.3 is 5.63 Å². The number of ether oxygens (including phenoxy) is 1. The zero-order valence-electron chi connectivity index (χ0n) is 16.5. The second kappa shape index (κ2) is 6.81. The largest absolute Gasteiger partial charge is 0.507 e. The van der Waals surface area contributed by atoms with Gasteiger partial charge in [-0.05, 0) is 48.2 Å². The van der Waals surface area contributed by atoms with Crippen LogP contribution in [0.25, 0.3) is 16.7 Å². The predicted octanol–water partition coefficient (Wildman–Crippen LogP) is 3.75. The highest BCUT2D eigenvalue weighted by Gasteiger charge is 2.46. The normalized spacial score (nSPS) is 19.7. The number of aliphatic hydroxyl groups is 1. The molecule has 30 heavy (non-hydrogen) atoms. The van der Waals surface area contributed by atoms with Gasteiger partial charge in [0.05, 0.1) is 16.5 Å². The third-order valence-electron chi connectivity index (χ3n) is 5.64. The average Bonchev–Trinajstić information content (AvgIpc) is 3.09. The number of hydrogen-bond acceptors (Lipinski definition) is 7. The maximum atomic E-state index is 12.7. The van der Waals surface area contributed by atoms with Crippen molar-refractivity contribution in [3.05, 3.63) is 74.8 Å². The summed E-state index contributed by atoms with van der Waals surface area (Å²) in [6, 6.07) is 10.8. The molecule has 2 aliphatic rings. The molecule has 5 rings (SSSR count). The first-order valence-corrected chi connectivity index (χ1v) is 9.87. The molecular weight excluding hydrogens is 388 g/mol. The molecule has 7 heteroatoms. The molecule has 0 saturated heterocycles. The van der Waals surface area contributed by atoms with Gasteiger partial charge < -0.3 is 19.4 Å². The van der Waals surface area contributed by atoms with E-state index in [-0.39, 0.29) is 28.4 Å². The Labute approximate surface area is 171 Å². The summed E-state index contributed by atoms with van der Waals surface area (Å²) >= 11 is 0. The second-order valence-corrected chi connectivity index (χ2v) is 7.37. The van der Waals surface area contributed by atoms with E-state index in [1.165, 1.54) is 0 Å². The van der Waals surface area contributed by atoms with E-state index in [1.54, 1.807) is 18.2 Å². The molecule has 0 radical (unpaired) electrons. The summed E-state index contributed by atoms with van der Waals surface area (Å²) in [5, 5.41) is 22.0. The molecular formula is C23H20O7. The first-order chi connectivity index (χ1) is 14.5. The molecule has 3 heterocycles. The van der Waals surface area contributed by atoms with E-state index in [0.717, 1.165) is 24.0 Å². The molecule has 0 bridgehead atoms. The zero-order chi connectivity index (χ0) is 21.0. The molecule has 154 valence electrons. The number of fused-ring (bicyclic) bond motifs is 3. The number of hydrogen-bond donors (Lipinski definition) is 2. The van der Waals surface area contributed by atoms with Crippen molar-refractivity contribution < 1.29 is 29.1 Å². The average molecular weight is 408 g/mol. The standard InChI is InChI=1S/C23H20O7/c1-3-11-5-7-15-13(9-11)19(24)17(22(25)27-15)18-21-20(28-23(18)26)14-10-12(4-2)6-8-16(14)29-30-21/h5-10,18,23-24,26H,3-4H2,1-2H3. The number of rotatable bonds is 3. The molecule has 3 aromatic rings. The van der Waals surface area contributed by atoms with E-state index in [4.69, 9.17) is 18.9 Å². The maximum absolute atomic E-state index is 12.7. The van der Waals surface area contributed by atoms with E-state index in [9.17, 15) is 15.0 Å². The van der Waals surface area contributed by atoms with Gasteiger partial charge in [-0.3, -0.25) is 9.78 Å². The quantitative estimate of drug-likeness (QED) is 0.503. The Kier molecular flexibility index (Phi) is 4.22. The van der Waals surface area contributed by atoms with Gasteiger partial charge in [0.15, 0.2) is 11.5 Å². The molecule has 0 fully saturated rings. The van der Waals surface area contributed by atoms with Crippen molar-refractivity contribution in [2.75, 3.05) is 0 Å². The molecule has 2 atom stereocenters. The van der Waals surface area contributed by atoms with Gasteiger partial charge in [0.1, 0.15) is 17.3 Å². The van der Waals surface area contributed by atoms with Gasteiger partial charge in [-0.1, -0.05) is 26.0 Å². The number of benzene rings is 2. The minimum Gasteiger partial charge on any atom is -0.507 e. The Morgan fingerprint density at radius 1 is 1.00 bits per heavy atom. The van der Waals surface area contributed by atoms with Crippen LogP contribution < -0.4 is 10.5 Å². The molecule has 0 amide bonds. The maximum Gasteiger partial charge on any atom is 0.344 e. The van der Waals surface area contributed by atoms with Crippen LogP contribution in [-0.2, 0) is 22.5 Å². The monoisotopic (exact) mass is 408 g/mol. The van der Waals surface area contributed by atoms with Crippen molar-refractivity contribution in [3.8, 4) is 11.5 Å². The van der Waals surface area contributed by atoms with Crippen molar-refractivity contribution in [3.63, 3.8) is 0 Å². The van der Waals surface area contributed by atoms with Crippen molar-refractivity contribution in [2.24, 2.45) is 0 Å². The first-order valence-electron chi connectivity index (χ1n) is 9.87. The third kappa shape index (κ3) is 2.66. The highest BCUT2D eigenvalue weighted by atomic mass is 17.2. The molecule has 2 aromatic carbocycles. The second-order valence-electron chi connectivity index (χ2n) is 7.37. The van der Waals surface area contributed by atoms with Crippen LogP contribution in [0.2, 0.25) is 0 Å². The van der Waals surface area contributed by atoms with E-state index in [1.807, 2.05) is 32.0 Å². The Morgan fingerprint density at radius 3 is 2.50 bits per heavy atom. The van der Waals surface area contributed by atoms with Crippen LogP contribution in [0, 0.1) is 0 Å². The number of aryl methyl sites for hydroxylation is 2. The van der Waals surface area contributed by atoms with Crippen molar-refractivity contribution in [2.45, 2.75) is 38.9 Å². The number of aliphatic hydroxyl groups excluding tert-OH is 1. The minimum atomic E-state index is -1.45. The molecule has 2 unspecified atom stereocenters. The van der Waals surface area contributed by atoms with Crippen LogP contribution in [0.15, 0.2) is 51.4 Å². The number of aromatic hydroxyl groups is 1. The van der Waals surface area contributed by atoms with Gasteiger partial charge in [0, 0.05) is 0 Å². The summed E-state index contributed by atoms with van der Waals surface area (Å²) in [6.07, 6.45) is 0.106. The van der Waals surface area contributed by atoms with Gasteiger partial charge in [0.25, 0.3) is 0 Å². The van der Waals surface area contributed by atoms with Crippen LogP contribution in [0.3, 0.4) is 0 Å². The Morgan fingerprint density at radius 2 is 1.73 bits per heavy atom. The molecule has 2 N–H and O–H groups in total. The smallest absolute Gasteiger partial charge is 0.344 e. The highest BCUT2D eigenvalue weighted by molar-refractivity contribution is 5.85. The molecule has 0 spiro atoms. The lowest BCUT2D eigenvalue weighted by molar-refractivity contribution is -0.175. The van der Waals surface area contributed by atoms with Crippen LogP contribution >= 0.6 is 0 Å². The molecule has 0 aliphatic carbocycles. The fourth-order valence-corrected chi connectivity index (χ4v) is 3.96. The van der Waals surface area contributed by atoms with Crippen LogP contribution in [0.1, 0.15) is 42.0 Å². The van der Waals surface area contributed by atoms with E-state index in [0.29, 0.717) is 16.7 Å². The lowest BCUT2D eigenvalue weighted by Gasteiger charge is -2.19. The van der Waals surface area contributed by atoms with Crippen LogP contribution in [-0.4, -0.2) is 16.5 Å². The fraction of sp³-hybridized carbons (Fsp3) is 0.261. The predicted molar refractivity (Wildman–Crippen MR) is 108 cm³/mol. The summed E-state index contributed by atoms with van der Waals surface area (Å²) in [4.78, 5) is 23.5. The minimum absolute atomic E-state index is 0.122. The Balaban J connectivity index is 1.70. The van der Waals surface area contributed by atoms with Crippen LogP contribution in [0.4, 0.5) is 0 Å². The van der Waals surface area contributed by atoms with Gasteiger partial charge in [-0.2, -0.15) is 0 Å². The molecule has 1 aromatic heterocycles. The summed E-state index contributed by atoms with van der Waals surface area (Å²) in [7, 11) is 0. The third-order valence-corrected chi connectivity index (χ3v) is 5.64. The van der Waals surface area contributed by atoms with Crippen molar-refractivity contribution >= 4 is 16.7 Å². The van der Waals surface area contributed by atoms with Gasteiger partial charge in [-0.25, -0.2) is 4.79 Å². The molecule has 7 nitrogen and oxygen atoms in total. The molecule has 0 saturated carbocycles.